The standard InChI is InChI=1S/C52H74O5S2/c1-5-9-13-17-25-37-53-43-33-35-49(55-39-27-19-15-11-7-3)47(41-43)45-29-21-23-31-51(45)58-57-59-52-32-24-22-30-46(52)48-42-44(54-38-26-18-14-10-6-2)34-36-50(48)56-40-28-20-16-12-8-4/h21-24,29-36,41-42H,5-20,25-28,37-40H2,1-4H3. The smallest absolute Gasteiger partial charge is 0.127 e. The summed E-state index contributed by atoms with van der Waals surface area (Å²) in [6.45, 7) is 11.8. The minimum Gasteiger partial charge on any atom is -0.494 e. The minimum absolute atomic E-state index is 0.697. The van der Waals surface area contributed by atoms with Crippen molar-refractivity contribution in [2.75, 3.05) is 26.4 Å². The molecular formula is C52H74O5S2. The molecule has 324 valence electrons. The van der Waals surface area contributed by atoms with Crippen LogP contribution in [-0.4, -0.2) is 26.4 Å². The van der Waals surface area contributed by atoms with Gasteiger partial charge in [-0.2, -0.15) is 0 Å². The van der Waals surface area contributed by atoms with E-state index in [1.807, 2.05) is 0 Å². The summed E-state index contributed by atoms with van der Waals surface area (Å²) in [7, 11) is 0. The van der Waals surface area contributed by atoms with Crippen LogP contribution in [0.25, 0.3) is 22.3 Å². The summed E-state index contributed by atoms with van der Waals surface area (Å²) in [6, 6.07) is 29.4. The predicted molar refractivity (Wildman–Crippen MR) is 254 cm³/mol. The molecule has 4 aromatic carbocycles. The molecule has 0 atom stereocenters. The van der Waals surface area contributed by atoms with Crippen molar-refractivity contribution in [1.29, 1.82) is 0 Å². The molecule has 0 bridgehead atoms. The third kappa shape index (κ3) is 18.5. The summed E-state index contributed by atoms with van der Waals surface area (Å²) in [5.41, 5.74) is 4.18. The van der Waals surface area contributed by atoms with Crippen LogP contribution in [0.5, 0.6) is 23.0 Å². The highest BCUT2D eigenvalue weighted by Gasteiger charge is 2.17. The molecule has 0 saturated carbocycles. The molecule has 0 aliphatic heterocycles. The summed E-state index contributed by atoms with van der Waals surface area (Å²) in [5.74, 6) is 3.50. The monoisotopic (exact) mass is 842 g/mol. The van der Waals surface area contributed by atoms with Gasteiger partial charge in [-0.15, -0.1) is 0 Å². The van der Waals surface area contributed by atoms with Crippen LogP contribution in [0.3, 0.4) is 0 Å². The molecule has 0 aliphatic rings. The molecule has 0 amide bonds. The van der Waals surface area contributed by atoms with E-state index in [1.165, 1.54) is 127 Å². The average molecular weight is 843 g/mol. The first kappa shape index (κ1) is 48.4. The van der Waals surface area contributed by atoms with Crippen molar-refractivity contribution < 1.29 is 22.6 Å². The molecule has 0 saturated heterocycles. The lowest BCUT2D eigenvalue weighted by atomic mass is 10.0. The second-order valence-corrected chi connectivity index (χ2v) is 17.4. The normalized spacial score (nSPS) is 11.2. The molecule has 59 heavy (non-hydrogen) atoms. The molecule has 0 N–H and O–H groups in total. The van der Waals surface area contributed by atoms with Crippen molar-refractivity contribution in [2.45, 2.75) is 166 Å². The van der Waals surface area contributed by atoms with Gasteiger partial charge < -0.3 is 18.9 Å². The summed E-state index contributed by atoms with van der Waals surface area (Å²) in [4.78, 5) is 2.03. The molecule has 4 rings (SSSR count). The van der Waals surface area contributed by atoms with Crippen molar-refractivity contribution in [3.8, 4) is 45.3 Å². The lowest BCUT2D eigenvalue weighted by Gasteiger charge is -2.17. The second kappa shape index (κ2) is 30.7. The zero-order valence-corrected chi connectivity index (χ0v) is 38.5. The van der Waals surface area contributed by atoms with E-state index in [4.69, 9.17) is 22.6 Å². The molecule has 0 radical (unpaired) electrons. The first-order valence-electron chi connectivity index (χ1n) is 23.2. The highest BCUT2D eigenvalue weighted by Crippen LogP contribution is 2.44. The fraction of sp³-hybridized carbons (Fsp3) is 0.538. The van der Waals surface area contributed by atoms with Gasteiger partial charge in [0.05, 0.1) is 26.4 Å². The molecule has 0 aromatic heterocycles. The molecule has 4 aromatic rings. The third-order valence-electron chi connectivity index (χ3n) is 10.5. The van der Waals surface area contributed by atoms with Crippen LogP contribution in [0.15, 0.2) is 94.7 Å². The van der Waals surface area contributed by atoms with Gasteiger partial charge in [0.2, 0.25) is 0 Å². The average Bonchev–Trinajstić information content (AvgIpc) is 3.26. The van der Waals surface area contributed by atoms with Gasteiger partial charge in [-0.25, -0.2) is 3.63 Å². The molecule has 0 fully saturated rings. The predicted octanol–water partition coefficient (Wildman–Crippen LogP) is 17.1. The largest absolute Gasteiger partial charge is 0.494 e. The van der Waals surface area contributed by atoms with Crippen LogP contribution in [0.1, 0.15) is 156 Å². The summed E-state index contributed by atoms with van der Waals surface area (Å²) < 4.78 is 32.0. The van der Waals surface area contributed by atoms with Gasteiger partial charge in [0.15, 0.2) is 0 Å². The Balaban J connectivity index is 1.51. The maximum atomic E-state index is 6.48. The van der Waals surface area contributed by atoms with Crippen LogP contribution in [0.2, 0.25) is 0 Å². The Morgan fingerprint density at radius 2 is 0.678 bits per heavy atom. The number of rotatable bonds is 34. The Labute approximate surface area is 367 Å². The first-order chi connectivity index (χ1) is 29.2. The topological polar surface area (TPSA) is 46.2 Å². The molecule has 0 spiro atoms. The van der Waals surface area contributed by atoms with Crippen LogP contribution in [-0.2, 0) is 3.63 Å². The maximum absolute atomic E-state index is 6.48. The maximum Gasteiger partial charge on any atom is 0.127 e. The minimum atomic E-state index is 0.697. The molecule has 7 heteroatoms. The van der Waals surface area contributed by atoms with Crippen molar-refractivity contribution in [3.63, 3.8) is 0 Å². The van der Waals surface area contributed by atoms with E-state index in [2.05, 4.69) is 113 Å². The zero-order valence-electron chi connectivity index (χ0n) is 36.9. The van der Waals surface area contributed by atoms with Crippen molar-refractivity contribution in [2.24, 2.45) is 0 Å². The highest BCUT2D eigenvalue weighted by atomic mass is 32.2. The SMILES string of the molecule is CCCCCCCOc1ccc(OCCCCCCC)c(-c2ccccc2SOSc2ccccc2-c2cc(OCCCCCCC)ccc2OCCCCCCC)c1. The fourth-order valence-corrected chi connectivity index (χ4v) is 8.58. The van der Waals surface area contributed by atoms with Crippen molar-refractivity contribution >= 4 is 24.1 Å². The number of unbranched alkanes of at least 4 members (excludes halogenated alkanes) is 16. The van der Waals surface area contributed by atoms with Crippen LogP contribution in [0.4, 0.5) is 0 Å². The van der Waals surface area contributed by atoms with E-state index < -0.39 is 0 Å². The van der Waals surface area contributed by atoms with Crippen molar-refractivity contribution in [3.05, 3.63) is 84.9 Å². The summed E-state index contributed by atoms with van der Waals surface area (Å²) in [6.07, 6.45) is 24.1. The number of hydrogen-bond acceptors (Lipinski definition) is 7. The lowest BCUT2D eigenvalue weighted by molar-refractivity contribution is 0.297. The zero-order chi connectivity index (χ0) is 41.6. The second-order valence-electron chi connectivity index (χ2n) is 15.6. The summed E-state index contributed by atoms with van der Waals surface area (Å²) >= 11 is 2.76. The van der Waals surface area contributed by atoms with E-state index in [0.29, 0.717) is 13.2 Å². The molecule has 0 unspecified atom stereocenters. The first-order valence-corrected chi connectivity index (χ1v) is 24.7. The van der Waals surface area contributed by atoms with Gasteiger partial charge in [0.1, 0.15) is 23.0 Å². The molecule has 0 heterocycles. The van der Waals surface area contributed by atoms with Crippen LogP contribution in [0, 0.1) is 0 Å². The Kier molecular flexibility index (Phi) is 25.2. The third-order valence-corrected chi connectivity index (χ3v) is 12.2. The molecule has 5 nitrogen and oxygen atoms in total. The van der Waals surface area contributed by atoms with Crippen molar-refractivity contribution in [1.82, 2.24) is 0 Å². The van der Waals surface area contributed by atoms with E-state index >= 15 is 0 Å². The number of benzene rings is 4. The summed E-state index contributed by atoms with van der Waals surface area (Å²) in [5, 5.41) is 0. The Morgan fingerprint density at radius 1 is 0.339 bits per heavy atom. The van der Waals surface area contributed by atoms with E-state index in [0.717, 1.165) is 93.9 Å². The van der Waals surface area contributed by atoms with Gasteiger partial charge >= 0.3 is 0 Å². The Hall–Kier alpha value is -3.26. The Morgan fingerprint density at radius 3 is 1.05 bits per heavy atom. The van der Waals surface area contributed by atoms with Crippen LogP contribution >= 0.6 is 24.1 Å². The molecular weight excluding hydrogens is 769 g/mol. The quantitative estimate of drug-likeness (QED) is 0.0343. The highest BCUT2D eigenvalue weighted by molar-refractivity contribution is 8.08. The Bertz CT molecular complexity index is 1570. The van der Waals surface area contributed by atoms with E-state index in [1.54, 1.807) is 0 Å². The lowest BCUT2D eigenvalue weighted by Crippen LogP contribution is -2.01. The van der Waals surface area contributed by atoms with Gasteiger partial charge in [-0.3, -0.25) is 0 Å². The van der Waals surface area contributed by atoms with Crippen LogP contribution < -0.4 is 18.9 Å². The van der Waals surface area contributed by atoms with Gasteiger partial charge in [-0.1, -0.05) is 167 Å². The van der Waals surface area contributed by atoms with E-state index in [9.17, 15) is 0 Å². The van der Waals surface area contributed by atoms with Gasteiger partial charge in [0.25, 0.3) is 0 Å². The number of ether oxygens (including phenoxy) is 4. The van der Waals surface area contributed by atoms with Gasteiger partial charge in [-0.05, 0) is 74.2 Å². The van der Waals surface area contributed by atoms with E-state index in [-0.39, 0.29) is 0 Å². The molecule has 0 aliphatic carbocycles. The fourth-order valence-electron chi connectivity index (χ4n) is 7.05. The van der Waals surface area contributed by atoms with Gasteiger partial charge in [0, 0.05) is 56.1 Å². The number of hydrogen-bond donors (Lipinski definition) is 0.